The smallest absolute Gasteiger partial charge is 0.264 e. The number of halogens is 1. The van der Waals surface area contributed by atoms with E-state index >= 15 is 0 Å². The van der Waals surface area contributed by atoms with Crippen LogP contribution >= 0.6 is 11.6 Å². The summed E-state index contributed by atoms with van der Waals surface area (Å²) in [7, 11) is -3.98. The topological polar surface area (TPSA) is 69.7 Å². The van der Waals surface area contributed by atoms with E-state index in [9.17, 15) is 13.2 Å². The number of rotatable bonds is 8. The Kier molecular flexibility index (Phi) is 7.98. The maximum Gasteiger partial charge on any atom is 0.264 e. The SMILES string of the molecule is Cc1ccccc1N(CC(=O)NCc1ccc(N2CCCCC2)cc1)S(=O)(=O)c1ccc(Cl)cc1. The molecule has 8 heteroatoms. The van der Waals surface area contributed by atoms with Crippen molar-refractivity contribution in [1.82, 2.24) is 5.32 Å². The quantitative estimate of drug-likeness (QED) is 0.454. The average molecular weight is 512 g/mol. The average Bonchev–Trinajstić information content (AvgIpc) is 2.87. The summed E-state index contributed by atoms with van der Waals surface area (Å²) in [6, 6.07) is 21.2. The maximum absolute atomic E-state index is 13.5. The van der Waals surface area contributed by atoms with Crippen molar-refractivity contribution in [2.24, 2.45) is 0 Å². The van der Waals surface area contributed by atoms with Crippen LogP contribution in [0.5, 0.6) is 0 Å². The van der Waals surface area contributed by atoms with Crippen LogP contribution < -0.4 is 14.5 Å². The number of hydrogen-bond donors (Lipinski definition) is 1. The Morgan fingerprint density at radius 2 is 1.60 bits per heavy atom. The zero-order valence-electron chi connectivity index (χ0n) is 19.8. The van der Waals surface area contributed by atoms with E-state index in [0.717, 1.165) is 28.5 Å². The van der Waals surface area contributed by atoms with Crippen molar-refractivity contribution in [1.29, 1.82) is 0 Å². The number of sulfonamides is 1. The molecule has 1 fully saturated rings. The summed E-state index contributed by atoms with van der Waals surface area (Å²) in [5.74, 6) is -0.383. The van der Waals surface area contributed by atoms with E-state index in [0.29, 0.717) is 17.3 Å². The van der Waals surface area contributed by atoms with Crippen LogP contribution in [0.15, 0.2) is 77.7 Å². The van der Waals surface area contributed by atoms with Gasteiger partial charge in [0.25, 0.3) is 10.0 Å². The van der Waals surface area contributed by atoms with Crippen molar-refractivity contribution in [3.63, 3.8) is 0 Å². The molecule has 1 heterocycles. The molecule has 4 rings (SSSR count). The predicted molar refractivity (Wildman–Crippen MR) is 142 cm³/mol. The number of para-hydroxylation sites is 1. The molecular formula is C27H30ClN3O3S. The van der Waals surface area contributed by atoms with Crippen molar-refractivity contribution < 1.29 is 13.2 Å². The van der Waals surface area contributed by atoms with E-state index in [-0.39, 0.29) is 17.3 Å². The highest BCUT2D eigenvalue weighted by Gasteiger charge is 2.28. The van der Waals surface area contributed by atoms with Crippen LogP contribution in [-0.4, -0.2) is 34.0 Å². The van der Waals surface area contributed by atoms with Gasteiger partial charge in [-0.1, -0.05) is 41.9 Å². The van der Waals surface area contributed by atoms with Gasteiger partial charge in [-0.05, 0) is 79.8 Å². The Labute approximate surface area is 212 Å². The van der Waals surface area contributed by atoms with Crippen LogP contribution in [-0.2, 0) is 21.4 Å². The number of carbonyl (C=O) groups excluding carboxylic acids is 1. The van der Waals surface area contributed by atoms with Crippen molar-refractivity contribution in [2.75, 3.05) is 28.8 Å². The minimum absolute atomic E-state index is 0.0752. The van der Waals surface area contributed by atoms with E-state index in [1.165, 1.54) is 49.2 Å². The summed E-state index contributed by atoms with van der Waals surface area (Å²) >= 11 is 5.95. The number of piperidine rings is 1. The summed E-state index contributed by atoms with van der Waals surface area (Å²) in [5, 5.41) is 3.31. The number of anilines is 2. The Bertz CT molecular complexity index is 1260. The van der Waals surface area contributed by atoms with E-state index in [4.69, 9.17) is 11.6 Å². The number of nitrogens with zero attached hydrogens (tertiary/aromatic N) is 2. The molecule has 3 aromatic carbocycles. The van der Waals surface area contributed by atoms with E-state index in [1.807, 2.05) is 31.2 Å². The molecule has 0 radical (unpaired) electrons. The number of amides is 1. The highest BCUT2D eigenvalue weighted by Crippen LogP contribution is 2.27. The van der Waals surface area contributed by atoms with Crippen molar-refractivity contribution in [2.45, 2.75) is 37.6 Å². The van der Waals surface area contributed by atoms with Crippen LogP contribution in [0.3, 0.4) is 0 Å². The van der Waals surface area contributed by atoms with Gasteiger partial charge in [0.1, 0.15) is 6.54 Å². The molecule has 0 spiro atoms. The second-order valence-electron chi connectivity index (χ2n) is 8.74. The summed E-state index contributed by atoms with van der Waals surface area (Å²) < 4.78 is 28.1. The van der Waals surface area contributed by atoms with Gasteiger partial charge in [0.05, 0.1) is 10.6 Å². The van der Waals surface area contributed by atoms with Crippen molar-refractivity contribution in [3.8, 4) is 0 Å². The minimum atomic E-state index is -3.98. The van der Waals surface area contributed by atoms with Crippen LogP contribution in [0.2, 0.25) is 5.02 Å². The monoisotopic (exact) mass is 511 g/mol. The molecule has 6 nitrogen and oxygen atoms in total. The Hall–Kier alpha value is -3.03. The summed E-state index contributed by atoms with van der Waals surface area (Å²) in [6.45, 7) is 3.96. The molecule has 1 N–H and O–H groups in total. The van der Waals surface area contributed by atoms with Crippen LogP contribution in [0.25, 0.3) is 0 Å². The van der Waals surface area contributed by atoms with E-state index in [1.54, 1.807) is 12.1 Å². The Morgan fingerprint density at radius 1 is 0.943 bits per heavy atom. The molecule has 35 heavy (non-hydrogen) atoms. The molecular weight excluding hydrogens is 482 g/mol. The molecule has 0 bridgehead atoms. The third-order valence-corrected chi connectivity index (χ3v) is 8.25. The fourth-order valence-electron chi connectivity index (χ4n) is 4.24. The molecule has 0 atom stereocenters. The molecule has 184 valence electrons. The minimum Gasteiger partial charge on any atom is -0.372 e. The highest BCUT2D eigenvalue weighted by atomic mass is 35.5. The molecule has 1 aliphatic heterocycles. The number of nitrogens with one attached hydrogen (secondary N) is 1. The predicted octanol–water partition coefficient (Wildman–Crippen LogP) is 5.15. The van der Waals surface area contributed by atoms with Gasteiger partial charge < -0.3 is 10.2 Å². The first-order valence-electron chi connectivity index (χ1n) is 11.8. The molecule has 0 saturated carbocycles. The van der Waals surface area contributed by atoms with Crippen molar-refractivity contribution in [3.05, 3.63) is 88.9 Å². The number of aryl methyl sites for hydroxylation is 1. The first-order valence-corrected chi connectivity index (χ1v) is 13.6. The fraction of sp³-hybridized carbons (Fsp3) is 0.296. The van der Waals surface area contributed by atoms with Gasteiger partial charge in [-0.3, -0.25) is 9.10 Å². The van der Waals surface area contributed by atoms with Gasteiger partial charge >= 0.3 is 0 Å². The van der Waals surface area contributed by atoms with Gasteiger partial charge in [0, 0.05) is 30.3 Å². The van der Waals surface area contributed by atoms with Crippen LogP contribution in [0.1, 0.15) is 30.4 Å². The van der Waals surface area contributed by atoms with Gasteiger partial charge in [0.2, 0.25) is 5.91 Å². The summed E-state index contributed by atoms with van der Waals surface area (Å²) in [4.78, 5) is 15.4. The zero-order chi connectivity index (χ0) is 24.8. The van der Waals surface area contributed by atoms with Crippen molar-refractivity contribution >= 4 is 38.9 Å². The van der Waals surface area contributed by atoms with E-state index in [2.05, 4.69) is 22.3 Å². The number of hydrogen-bond acceptors (Lipinski definition) is 4. The lowest BCUT2D eigenvalue weighted by atomic mass is 10.1. The van der Waals surface area contributed by atoms with Gasteiger partial charge in [-0.2, -0.15) is 0 Å². The lowest BCUT2D eigenvalue weighted by molar-refractivity contribution is -0.119. The third-order valence-electron chi connectivity index (χ3n) is 6.22. The first-order chi connectivity index (χ1) is 16.8. The Balaban J connectivity index is 1.47. The standard InChI is InChI=1S/C27H30ClN3O3S/c1-21-7-3-4-8-26(21)31(35(33,34)25-15-11-23(28)12-16-25)20-27(32)29-19-22-9-13-24(14-10-22)30-17-5-2-6-18-30/h3-4,7-16H,2,5-6,17-20H2,1H3,(H,29,32). The summed E-state index contributed by atoms with van der Waals surface area (Å²) in [6.07, 6.45) is 3.72. The number of carbonyl (C=O) groups is 1. The largest absolute Gasteiger partial charge is 0.372 e. The van der Waals surface area contributed by atoms with Crippen LogP contribution in [0, 0.1) is 6.92 Å². The lowest BCUT2D eigenvalue weighted by Crippen LogP contribution is -2.41. The normalized spacial score (nSPS) is 13.9. The first kappa shape index (κ1) is 25.1. The van der Waals surface area contributed by atoms with Gasteiger partial charge in [0.15, 0.2) is 0 Å². The van der Waals surface area contributed by atoms with Crippen LogP contribution in [0.4, 0.5) is 11.4 Å². The molecule has 3 aromatic rings. The van der Waals surface area contributed by atoms with Gasteiger partial charge in [-0.25, -0.2) is 8.42 Å². The highest BCUT2D eigenvalue weighted by molar-refractivity contribution is 7.92. The molecule has 0 aliphatic carbocycles. The maximum atomic E-state index is 13.5. The molecule has 1 saturated heterocycles. The third kappa shape index (κ3) is 6.16. The second kappa shape index (κ2) is 11.1. The van der Waals surface area contributed by atoms with E-state index < -0.39 is 10.0 Å². The summed E-state index contributed by atoms with van der Waals surface area (Å²) in [5.41, 5.74) is 3.37. The molecule has 0 unspecified atom stereocenters. The Morgan fingerprint density at radius 3 is 2.26 bits per heavy atom. The molecule has 0 aromatic heterocycles. The zero-order valence-corrected chi connectivity index (χ0v) is 21.4. The molecule has 1 amide bonds. The second-order valence-corrected chi connectivity index (χ2v) is 11.0. The fourth-order valence-corrected chi connectivity index (χ4v) is 5.85. The lowest BCUT2D eigenvalue weighted by Gasteiger charge is -2.29. The van der Waals surface area contributed by atoms with Gasteiger partial charge in [-0.15, -0.1) is 0 Å². The molecule has 1 aliphatic rings. The number of benzene rings is 3.